The van der Waals surface area contributed by atoms with Gasteiger partial charge in [-0.15, -0.1) is 0 Å². The van der Waals surface area contributed by atoms with Crippen molar-refractivity contribution in [3.63, 3.8) is 0 Å². The first-order valence-electron chi connectivity index (χ1n) is 6.32. The van der Waals surface area contributed by atoms with E-state index < -0.39 is 10.0 Å². The zero-order valence-electron chi connectivity index (χ0n) is 11.8. The highest BCUT2D eigenvalue weighted by Crippen LogP contribution is 2.29. The van der Waals surface area contributed by atoms with E-state index in [1.165, 1.54) is 16.8 Å². The van der Waals surface area contributed by atoms with E-state index in [9.17, 15) is 8.42 Å². The molecule has 7 heteroatoms. The molecule has 1 heterocycles. The largest absolute Gasteiger partial charge is 0.472 e. The van der Waals surface area contributed by atoms with Crippen LogP contribution in [-0.4, -0.2) is 19.8 Å². The van der Waals surface area contributed by atoms with Gasteiger partial charge < -0.3 is 10.2 Å². The average molecular weight is 373 g/mol. The van der Waals surface area contributed by atoms with Gasteiger partial charge in [0.05, 0.1) is 17.4 Å². The molecule has 0 unspecified atom stereocenters. The Balaban J connectivity index is 2.41. The zero-order valence-corrected chi connectivity index (χ0v) is 14.2. The van der Waals surface area contributed by atoms with Gasteiger partial charge in [0.15, 0.2) is 0 Å². The molecular weight excluding hydrogens is 356 g/mol. The molecule has 0 aliphatic rings. The highest BCUT2D eigenvalue weighted by atomic mass is 79.9. The third kappa shape index (κ3) is 3.37. The molecule has 5 nitrogen and oxygen atoms in total. The van der Waals surface area contributed by atoms with Crippen LogP contribution in [0.4, 0.5) is 0 Å². The standard InChI is InChI=1S/C14H17BrN2O3S/c1-10-5-12(7-16)6-13(14(10)15)21(18,19)17(2)8-11-3-4-20-9-11/h3-6,9H,7-8,16H2,1-2H3. The SMILES string of the molecule is Cc1cc(CN)cc(S(=O)(=O)N(C)Cc2ccoc2)c1Br. The smallest absolute Gasteiger partial charge is 0.244 e. The van der Waals surface area contributed by atoms with Gasteiger partial charge in [-0.25, -0.2) is 8.42 Å². The number of benzene rings is 1. The lowest BCUT2D eigenvalue weighted by Crippen LogP contribution is -2.27. The molecule has 114 valence electrons. The van der Waals surface area contributed by atoms with Crippen molar-refractivity contribution < 1.29 is 12.8 Å². The van der Waals surface area contributed by atoms with Crippen LogP contribution in [-0.2, 0) is 23.1 Å². The van der Waals surface area contributed by atoms with E-state index in [0.29, 0.717) is 11.0 Å². The highest BCUT2D eigenvalue weighted by Gasteiger charge is 2.25. The first kappa shape index (κ1) is 16.2. The summed E-state index contributed by atoms with van der Waals surface area (Å²) in [5, 5.41) is 0. The molecule has 0 aliphatic carbocycles. The number of rotatable bonds is 5. The first-order valence-corrected chi connectivity index (χ1v) is 8.56. The normalized spacial score (nSPS) is 12.0. The molecule has 0 radical (unpaired) electrons. The third-order valence-corrected chi connectivity index (χ3v) is 6.33. The molecular formula is C14H17BrN2O3S. The zero-order chi connectivity index (χ0) is 15.6. The molecule has 1 aromatic heterocycles. The molecule has 1 aromatic carbocycles. The molecule has 0 fully saturated rings. The van der Waals surface area contributed by atoms with Crippen molar-refractivity contribution in [3.05, 3.63) is 51.9 Å². The van der Waals surface area contributed by atoms with Crippen LogP contribution < -0.4 is 5.73 Å². The van der Waals surface area contributed by atoms with Crippen LogP contribution in [0.1, 0.15) is 16.7 Å². The monoisotopic (exact) mass is 372 g/mol. The minimum atomic E-state index is -3.61. The molecule has 0 saturated heterocycles. The van der Waals surface area contributed by atoms with E-state index in [1.54, 1.807) is 19.2 Å². The second-order valence-electron chi connectivity index (χ2n) is 4.82. The summed E-state index contributed by atoms with van der Waals surface area (Å²) in [6.45, 7) is 2.39. The molecule has 0 atom stereocenters. The molecule has 2 aromatic rings. The maximum atomic E-state index is 12.7. The summed E-state index contributed by atoms with van der Waals surface area (Å²) in [5.74, 6) is 0. The Kier molecular flexibility index (Phi) is 4.88. The van der Waals surface area contributed by atoms with Gasteiger partial charge in [-0.05, 0) is 46.1 Å². The summed E-state index contributed by atoms with van der Waals surface area (Å²) in [7, 11) is -2.07. The van der Waals surface area contributed by atoms with Crippen LogP contribution in [0.25, 0.3) is 0 Å². The molecule has 0 bridgehead atoms. The quantitative estimate of drug-likeness (QED) is 0.874. The predicted molar refractivity (Wildman–Crippen MR) is 84.1 cm³/mol. The fourth-order valence-electron chi connectivity index (χ4n) is 2.01. The van der Waals surface area contributed by atoms with Crippen molar-refractivity contribution in [3.8, 4) is 0 Å². The Morgan fingerprint density at radius 3 is 2.62 bits per heavy atom. The van der Waals surface area contributed by atoms with Gasteiger partial charge in [0.2, 0.25) is 10.0 Å². The molecule has 0 spiro atoms. The molecule has 2 rings (SSSR count). The van der Waals surface area contributed by atoms with E-state index in [0.717, 1.165) is 16.7 Å². The summed E-state index contributed by atoms with van der Waals surface area (Å²) in [4.78, 5) is 0.231. The van der Waals surface area contributed by atoms with Gasteiger partial charge in [0, 0.05) is 30.2 Å². The highest BCUT2D eigenvalue weighted by molar-refractivity contribution is 9.10. The van der Waals surface area contributed by atoms with Gasteiger partial charge in [-0.2, -0.15) is 4.31 Å². The summed E-state index contributed by atoms with van der Waals surface area (Å²) in [5.41, 5.74) is 8.05. The van der Waals surface area contributed by atoms with E-state index in [2.05, 4.69) is 15.9 Å². The Morgan fingerprint density at radius 1 is 1.33 bits per heavy atom. The minimum Gasteiger partial charge on any atom is -0.472 e. The maximum absolute atomic E-state index is 12.7. The maximum Gasteiger partial charge on any atom is 0.244 e. The van der Waals surface area contributed by atoms with Crippen molar-refractivity contribution in [1.82, 2.24) is 4.31 Å². The lowest BCUT2D eigenvalue weighted by Gasteiger charge is -2.19. The van der Waals surface area contributed by atoms with Crippen LogP contribution in [0.3, 0.4) is 0 Å². The third-order valence-electron chi connectivity index (χ3n) is 3.19. The molecule has 0 amide bonds. The van der Waals surface area contributed by atoms with Gasteiger partial charge in [-0.3, -0.25) is 0 Å². The van der Waals surface area contributed by atoms with Crippen molar-refractivity contribution in [2.45, 2.75) is 24.9 Å². The average Bonchev–Trinajstić information content (AvgIpc) is 2.94. The molecule has 0 aliphatic heterocycles. The van der Waals surface area contributed by atoms with E-state index in [1.807, 2.05) is 13.0 Å². The molecule has 0 saturated carbocycles. The minimum absolute atomic E-state index is 0.231. The first-order chi connectivity index (χ1) is 9.86. The van der Waals surface area contributed by atoms with Crippen molar-refractivity contribution in [2.24, 2.45) is 5.73 Å². The van der Waals surface area contributed by atoms with Gasteiger partial charge in [0.25, 0.3) is 0 Å². The number of hydrogen-bond acceptors (Lipinski definition) is 4. The molecule has 2 N–H and O–H groups in total. The van der Waals surface area contributed by atoms with Gasteiger partial charge in [-0.1, -0.05) is 6.07 Å². The van der Waals surface area contributed by atoms with Crippen LogP contribution in [0, 0.1) is 6.92 Å². The lowest BCUT2D eigenvalue weighted by atomic mass is 10.1. The number of sulfonamides is 1. The van der Waals surface area contributed by atoms with Crippen LogP contribution in [0.2, 0.25) is 0 Å². The summed E-state index contributed by atoms with van der Waals surface area (Å²) < 4.78 is 32.3. The Bertz CT molecular complexity index is 727. The second-order valence-corrected chi connectivity index (χ2v) is 7.63. The van der Waals surface area contributed by atoms with E-state index in [-0.39, 0.29) is 11.4 Å². The van der Waals surface area contributed by atoms with E-state index in [4.69, 9.17) is 10.2 Å². The number of halogens is 1. The number of hydrogen-bond donors (Lipinski definition) is 1. The Hall–Kier alpha value is -1.15. The fourth-order valence-corrected chi connectivity index (χ4v) is 4.19. The number of nitrogens with zero attached hydrogens (tertiary/aromatic N) is 1. The number of nitrogens with two attached hydrogens (primary N) is 1. The van der Waals surface area contributed by atoms with Crippen LogP contribution in [0.15, 0.2) is 44.5 Å². The summed E-state index contributed by atoms with van der Waals surface area (Å²) >= 11 is 3.36. The lowest BCUT2D eigenvalue weighted by molar-refractivity contribution is 0.462. The number of aryl methyl sites for hydroxylation is 1. The molecule has 21 heavy (non-hydrogen) atoms. The Morgan fingerprint density at radius 2 is 2.05 bits per heavy atom. The van der Waals surface area contributed by atoms with Gasteiger partial charge >= 0.3 is 0 Å². The van der Waals surface area contributed by atoms with Crippen molar-refractivity contribution >= 4 is 26.0 Å². The number of furan rings is 1. The van der Waals surface area contributed by atoms with Crippen LogP contribution >= 0.6 is 15.9 Å². The Labute approximate surface area is 132 Å². The second kappa shape index (κ2) is 6.31. The van der Waals surface area contributed by atoms with Gasteiger partial charge in [0.1, 0.15) is 0 Å². The van der Waals surface area contributed by atoms with Crippen LogP contribution in [0.5, 0.6) is 0 Å². The van der Waals surface area contributed by atoms with Crippen molar-refractivity contribution in [1.29, 1.82) is 0 Å². The summed E-state index contributed by atoms with van der Waals surface area (Å²) in [6.07, 6.45) is 3.05. The topological polar surface area (TPSA) is 76.5 Å². The fraction of sp³-hybridized carbons (Fsp3) is 0.286. The van der Waals surface area contributed by atoms with Crippen molar-refractivity contribution in [2.75, 3.05) is 7.05 Å². The summed E-state index contributed by atoms with van der Waals surface area (Å²) in [6, 6.07) is 5.22. The van der Waals surface area contributed by atoms with E-state index >= 15 is 0 Å². The predicted octanol–water partition coefficient (Wildman–Crippen LogP) is 2.63.